The van der Waals surface area contributed by atoms with Crippen LogP contribution in [0.2, 0.25) is 0 Å². The summed E-state index contributed by atoms with van der Waals surface area (Å²) in [5, 5.41) is 9.27. The number of rotatable bonds is 4. The van der Waals surface area contributed by atoms with E-state index in [9.17, 15) is 9.90 Å². The zero-order chi connectivity index (χ0) is 14.0. The van der Waals surface area contributed by atoms with Gasteiger partial charge in [-0.3, -0.25) is 4.57 Å². The van der Waals surface area contributed by atoms with E-state index in [1.54, 1.807) is 0 Å². The third kappa shape index (κ3) is 2.63. The topological polar surface area (TPSA) is 109 Å². The summed E-state index contributed by atoms with van der Waals surface area (Å²) in [6, 6.07) is 1.49. The lowest BCUT2D eigenvalue weighted by Gasteiger charge is -2.21. The van der Waals surface area contributed by atoms with Crippen LogP contribution in [0.3, 0.4) is 0 Å². The molecule has 0 amide bonds. The van der Waals surface area contributed by atoms with Crippen LogP contribution in [0.25, 0.3) is 0 Å². The Kier molecular flexibility index (Phi) is 4.49. The van der Waals surface area contributed by atoms with Gasteiger partial charge in [0.1, 0.15) is 24.1 Å². The lowest BCUT2D eigenvalue weighted by Crippen LogP contribution is -2.37. The summed E-state index contributed by atoms with van der Waals surface area (Å²) in [5.41, 5.74) is 4.89. The Hall–Kier alpha value is -1.05. The van der Waals surface area contributed by atoms with E-state index in [0.717, 1.165) is 0 Å². The monoisotopic (exact) mass is 289 g/mol. The second-order valence-corrected chi connectivity index (χ2v) is 4.36. The minimum Gasteiger partial charge on any atom is -0.394 e. The summed E-state index contributed by atoms with van der Waals surface area (Å²) < 4.78 is 17.3. The van der Waals surface area contributed by atoms with Crippen LogP contribution in [0.5, 0.6) is 0 Å². The Bertz CT molecular complexity index is 496. The van der Waals surface area contributed by atoms with Gasteiger partial charge in [-0.15, -0.1) is 0 Å². The van der Waals surface area contributed by atoms with Crippen molar-refractivity contribution in [3.05, 3.63) is 22.7 Å². The third-order valence-corrected chi connectivity index (χ3v) is 3.33. The van der Waals surface area contributed by atoms with Gasteiger partial charge < -0.3 is 24.8 Å². The maximum absolute atomic E-state index is 11.8. The Labute approximate surface area is 111 Å². The molecule has 19 heavy (non-hydrogen) atoms. The molecule has 1 aromatic rings. The van der Waals surface area contributed by atoms with Crippen LogP contribution < -0.4 is 11.4 Å². The predicted octanol–water partition coefficient (Wildman–Crippen LogP) is -1.09. The standard InChI is InChI=1S/C10H16N3O5P/c1-16-8-7(18-19)5(4-14)17-9(8)13-3-2-6(11)12-10(13)15/h2-3,5,7-9,14H,4,19H2,1H3,(H2,11,12,15). The molecule has 1 aliphatic heterocycles. The largest absolute Gasteiger partial charge is 0.394 e. The number of hydrogen-bond donors (Lipinski definition) is 2. The summed E-state index contributed by atoms with van der Waals surface area (Å²) in [4.78, 5) is 15.4. The van der Waals surface area contributed by atoms with E-state index in [2.05, 4.69) is 14.5 Å². The van der Waals surface area contributed by atoms with E-state index in [-0.39, 0.29) is 12.4 Å². The summed E-state index contributed by atoms with van der Waals surface area (Å²) in [5.74, 6) is 0.130. The van der Waals surface area contributed by atoms with Crippen molar-refractivity contribution in [3.63, 3.8) is 0 Å². The molecule has 5 unspecified atom stereocenters. The van der Waals surface area contributed by atoms with Gasteiger partial charge in [0.2, 0.25) is 0 Å². The molecule has 2 heterocycles. The lowest BCUT2D eigenvalue weighted by molar-refractivity contribution is -0.0624. The number of aromatic nitrogens is 2. The van der Waals surface area contributed by atoms with Crippen molar-refractivity contribution >= 4 is 15.3 Å². The van der Waals surface area contributed by atoms with Gasteiger partial charge >= 0.3 is 5.69 Å². The molecule has 3 N–H and O–H groups in total. The van der Waals surface area contributed by atoms with Gasteiger partial charge in [0.05, 0.1) is 6.61 Å². The molecule has 5 atom stereocenters. The molecule has 0 radical (unpaired) electrons. The normalized spacial score (nSPS) is 30.7. The van der Waals surface area contributed by atoms with Crippen molar-refractivity contribution in [1.29, 1.82) is 0 Å². The molecule has 9 heteroatoms. The minimum atomic E-state index is -0.728. The number of aliphatic hydroxyl groups excluding tert-OH is 1. The van der Waals surface area contributed by atoms with E-state index in [0.29, 0.717) is 0 Å². The lowest BCUT2D eigenvalue weighted by atomic mass is 10.1. The Morgan fingerprint density at radius 1 is 1.63 bits per heavy atom. The fourth-order valence-electron chi connectivity index (χ4n) is 2.11. The number of hydrogen-bond acceptors (Lipinski definition) is 7. The first-order valence-corrected chi connectivity index (χ1v) is 6.08. The predicted molar refractivity (Wildman–Crippen MR) is 69.3 cm³/mol. The zero-order valence-electron chi connectivity index (χ0n) is 10.3. The summed E-state index contributed by atoms with van der Waals surface area (Å²) >= 11 is 0. The van der Waals surface area contributed by atoms with Crippen molar-refractivity contribution in [2.45, 2.75) is 24.5 Å². The van der Waals surface area contributed by atoms with Crippen molar-refractivity contribution in [3.8, 4) is 0 Å². The second-order valence-electron chi connectivity index (χ2n) is 4.09. The third-order valence-electron chi connectivity index (χ3n) is 3.02. The number of nitrogens with zero attached hydrogens (tertiary/aromatic N) is 2. The minimum absolute atomic E-state index is 0.130. The quantitative estimate of drug-likeness (QED) is 0.677. The number of methoxy groups -OCH3 is 1. The van der Waals surface area contributed by atoms with E-state index in [4.69, 9.17) is 19.7 Å². The van der Waals surface area contributed by atoms with Gasteiger partial charge in [-0.05, 0) is 6.07 Å². The highest BCUT2D eigenvalue weighted by molar-refractivity contribution is 7.09. The summed E-state index contributed by atoms with van der Waals surface area (Å²) in [6.07, 6.45) is -0.890. The van der Waals surface area contributed by atoms with Gasteiger partial charge in [0.15, 0.2) is 6.23 Å². The Morgan fingerprint density at radius 3 is 2.89 bits per heavy atom. The van der Waals surface area contributed by atoms with Crippen LogP contribution in [0, 0.1) is 0 Å². The van der Waals surface area contributed by atoms with Crippen molar-refractivity contribution < 1.29 is 19.1 Å². The molecular weight excluding hydrogens is 273 g/mol. The van der Waals surface area contributed by atoms with Crippen LogP contribution >= 0.6 is 9.47 Å². The SMILES string of the molecule is COC1C(OP)C(CO)OC1n1ccc(N)nc1=O. The second kappa shape index (κ2) is 5.94. The van der Waals surface area contributed by atoms with Gasteiger partial charge in [0, 0.05) is 22.8 Å². The number of aliphatic hydroxyl groups is 1. The molecule has 1 aliphatic rings. The molecule has 0 aliphatic carbocycles. The van der Waals surface area contributed by atoms with Crippen molar-refractivity contribution in [2.75, 3.05) is 19.5 Å². The maximum atomic E-state index is 11.8. The smallest absolute Gasteiger partial charge is 0.351 e. The van der Waals surface area contributed by atoms with Crippen molar-refractivity contribution in [1.82, 2.24) is 9.55 Å². The average Bonchev–Trinajstić information content (AvgIpc) is 2.76. The highest BCUT2D eigenvalue weighted by Gasteiger charge is 2.46. The van der Waals surface area contributed by atoms with E-state index in [1.165, 1.54) is 23.9 Å². The highest BCUT2D eigenvalue weighted by atomic mass is 31.0. The van der Waals surface area contributed by atoms with Gasteiger partial charge in [-0.25, -0.2) is 4.79 Å². The first-order chi connectivity index (χ1) is 9.12. The summed E-state index contributed by atoms with van der Waals surface area (Å²) in [7, 11) is 3.59. The van der Waals surface area contributed by atoms with Crippen LogP contribution in [-0.2, 0) is 14.0 Å². The molecular formula is C10H16N3O5P. The van der Waals surface area contributed by atoms with Crippen LogP contribution in [0.1, 0.15) is 6.23 Å². The number of nitrogens with two attached hydrogens (primary N) is 1. The molecule has 0 saturated carbocycles. The van der Waals surface area contributed by atoms with E-state index < -0.39 is 30.2 Å². The van der Waals surface area contributed by atoms with E-state index >= 15 is 0 Å². The van der Waals surface area contributed by atoms with E-state index in [1.807, 2.05) is 0 Å². The van der Waals surface area contributed by atoms with Gasteiger partial charge in [-0.2, -0.15) is 4.98 Å². The first-order valence-electron chi connectivity index (χ1n) is 5.61. The number of nitrogen functional groups attached to an aromatic ring is 1. The van der Waals surface area contributed by atoms with Gasteiger partial charge in [-0.1, -0.05) is 0 Å². The van der Waals surface area contributed by atoms with Crippen LogP contribution in [0.15, 0.2) is 17.1 Å². The molecule has 0 bridgehead atoms. The number of anilines is 1. The van der Waals surface area contributed by atoms with Crippen molar-refractivity contribution in [2.24, 2.45) is 0 Å². The Balaban J connectivity index is 2.35. The molecule has 0 spiro atoms. The molecule has 106 valence electrons. The summed E-state index contributed by atoms with van der Waals surface area (Å²) in [6.45, 7) is -0.243. The number of ether oxygens (including phenoxy) is 2. The molecule has 1 saturated heterocycles. The fourth-order valence-corrected chi connectivity index (χ4v) is 2.44. The Morgan fingerprint density at radius 2 is 2.37 bits per heavy atom. The highest BCUT2D eigenvalue weighted by Crippen LogP contribution is 2.33. The van der Waals surface area contributed by atoms with Crippen LogP contribution in [0.4, 0.5) is 5.82 Å². The molecule has 0 aromatic carbocycles. The molecule has 2 rings (SSSR count). The molecule has 1 fully saturated rings. The zero-order valence-corrected chi connectivity index (χ0v) is 11.5. The maximum Gasteiger partial charge on any atom is 0.351 e. The van der Waals surface area contributed by atoms with Crippen LogP contribution in [-0.4, -0.2) is 46.7 Å². The average molecular weight is 289 g/mol. The first kappa shape index (κ1) is 14.4. The fraction of sp³-hybridized carbons (Fsp3) is 0.600. The van der Waals surface area contributed by atoms with Gasteiger partial charge in [0.25, 0.3) is 0 Å². The molecule has 8 nitrogen and oxygen atoms in total. The molecule has 1 aromatic heterocycles.